The first-order valence-corrected chi connectivity index (χ1v) is 10.9. The molecule has 8 nitrogen and oxygen atoms in total. The second kappa shape index (κ2) is 9.91. The predicted octanol–water partition coefficient (Wildman–Crippen LogP) is 3.21. The molecule has 9 heteroatoms. The van der Waals surface area contributed by atoms with Crippen LogP contribution in [0.4, 0.5) is 10.1 Å². The molecule has 0 bridgehead atoms. The van der Waals surface area contributed by atoms with Crippen molar-refractivity contribution in [3.05, 3.63) is 65.3 Å². The number of nitrogens with one attached hydrogen (secondary N) is 1. The van der Waals surface area contributed by atoms with E-state index in [-0.39, 0.29) is 42.3 Å². The number of rotatable bonds is 8. The summed E-state index contributed by atoms with van der Waals surface area (Å²) < 4.78 is 19.0. The van der Waals surface area contributed by atoms with E-state index in [0.29, 0.717) is 29.2 Å². The average Bonchev–Trinajstić information content (AvgIpc) is 3.45. The van der Waals surface area contributed by atoms with Gasteiger partial charge in [0, 0.05) is 30.6 Å². The summed E-state index contributed by atoms with van der Waals surface area (Å²) in [6.45, 7) is 3.00. The van der Waals surface area contributed by atoms with Crippen molar-refractivity contribution in [3.63, 3.8) is 0 Å². The minimum Gasteiger partial charge on any atom is -0.368 e. The Morgan fingerprint density at radius 2 is 2.09 bits per heavy atom. The number of carbonyl (C=O) groups excluding carboxylic acids is 2. The van der Waals surface area contributed by atoms with Gasteiger partial charge >= 0.3 is 0 Å². The molecule has 1 saturated heterocycles. The largest absolute Gasteiger partial charge is 0.368 e. The molecule has 2 heterocycles. The Bertz CT molecular complexity index is 1160. The molecule has 1 fully saturated rings. The number of aryl methyl sites for hydroxylation is 2. The fraction of sp³-hybridized carbons (Fsp3) is 0.333. The normalized spacial score (nSPS) is 16.1. The maximum absolute atomic E-state index is 13.8. The van der Waals surface area contributed by atoms with Gasteiger partial charge in [0.15, 0.2) is 0 Å². The number of benzene rings is 2. The van der Waals surface area contributed by atoms with Crippen molar-refractivity contribution >= 4 is 17.5 Å². The maximum atomic E-state index is 13.8. The number of halogens is 1. The van der Waals surface area contributed by atoms with Gasteiger partial charge in [-0.25, -0.2) is 4.39 Å². The molecular weight excluding hydrogens is 425 g/mol. The second-order valence-corrected chi connectivity index (χ2v) is 8.21. The van der Waals surface area contributed by atoms with Crippen LogP contribution in [0.3, 0.4) is 0 Å². The summed E-state index contributed by atoms with van der Waals surface area (Å²) in [5.41, 5.74) is 8.18. The van der Waals surface area contributed by atoms with Gasteiger partial charge in [0.1, 0.15) is 5.82 Å². The third-order valence-corrected chi connectivity index (χ3v) is 5.82. The molecule has 0 radical (unpaired) electrons. The molecule has 0 aliphatic carbocycles. The zero-order chi connectivity index (χ0) is 23.4. The monoisotopic (exact) mass is 451 g/mol. The first-order chi connectivity index (χ1) is 15.9. The number of para-hydroxylation sites is 1. The zero-order valence-electron chi connectivity index (χ0n) is 18.4. The standard InChI is InChI=1S/C24H26FN5O3/c1-15-8-9-16(13-18(15)25)24-28-22(33-29-24)11-10-21(31)27-19-6-3-2-5-17(19)14-30-12-4-7-20(30)23(26)32/h2-3,5-6,8-9,13,20H,4,7,10-12,14H2,1H3,(H2,26,32)(H,27,31). The van der Waals surface area contributed by atoms with Crippen LogP contribution in [-0.2, 0) is 22.6 Å². The van der Waals surface area contributed by atoms with Crippen molar-refractivity contribution in [2.24, 2.45) is 5.73 Å². The molecule has 1 unspecified atom stereocenters. The molecule has 1 aliphatic heterocycles. The highest BCUT2D eigenvalue weighted by molar-refractivity contribution is 5.91. The lowest BCUT2D eigenvalue weighted by Crippen LogP contribution is -2.39. The van der Waals surface area contributed by atoms with Gasteiger partial charge in [0.2, 0.25) is 23.5 Å². The van der Waals surface area contributed by atoms with Gasteiger partial charge in [0.05, 0.1) is 6.04 Å². The van der Waals surface area contributed by atoms with Gasteiger partial charge in [-0.3, -0.25) is 14.5 Å². The minimum atomic E-state index is -0.340. The number of aromatic nitrogens is 2. The topological polar surface area (TPSA) is 114 Å². The molecular formula is C24H26FN5O3. The van der Waals surface area contributed by atoms with Crippen LogP contribution >= 0.6 is 0 Å². The van der Waals surface area contributed by atoms with Crippen molar-refractivity contribution in [2.45, 2.75) is 45.2 Å². The van der Waals surface area contributed by atoms with Gasteiger partial charge in [0.25, 0.3) is 0 Å². The SMILES string of the molecule is Cc1ccc(-c2noc(CCC(=O)Nc3ccccc3CN3CCCC3C(N)=O)n2)cc1F. The molecule has 4 rings (SSSR count). The number of carbonyl (C=O) groups is 2. The molecule has 2 amide bonds. The van der Waals surface area contributed by atoms with Gasteiger partial charge in [-0.15, -0.1) is 0 Å². The van der Waals surface area contributed by atoms with Gasteiger partial charge in [-0.05, 0) is 49.6 Å². The summed E-state index contributed by atoms with van der Waals surface area (Å²) in [6, 6.07) is 12.0. The van der Waals surface area contributed by atoms with Crippen molar-refractivity contribution < 1.29 is 18.5 Å². The quantitative estimate of drug-likeness (QED) is 0.544. The van der Waals surface area contributed by atoms with E-state index in [0.717, 1.165) is 24.9 Å². The molecule has 172 valence electrons. The van der Waals surface area contributed by atoms with Crippen LogP contribution in [0, 0.1) is 12.7 Å². The number of amides is 2. The molecule has 0 saturated carbocycles. The molecule has 3 aromatic rings. The van der Waals surface area contributed by atoms with Crippen molar-refractivity contribution in [1.82, 2.24) is 15.0 Å². The Morgan fingerprint density at radius 3 is 2.88 bits per heavy atom. The Morgan fingerprint density at radius 1 is 1.27 bits per heavy atom. The van der Waals surface area contributed by atoms with Crippen LogP contribution in [0.15, 0.2) is 47.0 Å². The smallest absolute Gasteiger partial charge is 0.234 e. The number of anilines is 1. The van der Waals surface area contributed by atoms with Gasteiger partial charge < -0.3 is 15.6 Å². The molecule has 1 aliphatic rings. The molecule has 2 aromatic carbocycles. The Kier molecular flexibility index (Phi) is 6.79. The predicted molar refractivity (Wildman–Crippen MR) is 120 cm³/mol. The summed E-state index contributed by atoms with van der Waals surface area (Å²) in [7, 11) is 0. The lowest BCUT2D eigenvalue weighted by molar-refractivity contribution is -0.122. The first-order valence-electron chi connectivity index (χ1n) is 10.9. The van der Waals surface area contributed by atoms with Crippen molar-refractivity contribution in [2.75, 3.05) is 11.9 Å². The molecule has 33 heavy (non-hydrogen) atoms. The number of nitrogens with two attached hydrogens (primary N) is 1. The van der Waals surface area contributed by atoms with E-state index in [1.807, 2.05) is 29.2 Å². The zero-order valence-corrected chi connectivity index (χ0v) is 18.4. The van der Waals surface area contributed by atoms with E-state index >= 15 is 0 Å². The lowest BCUT2D eigenvalue weighted by Gasteiger charge is -2.23. The lowest BCUT2D eigenvalue weighted by atomic mass is 10.1. The van der Waals surface area contributed by atoms with E-state index in [9.17, 15) is 14.0 Å². The van der Waals surface area contributed by atoms with E-state index in [4.69, 9.17) is 10.3 Å². The Hall–Kier alpha value is -3.59. The van der Waals surface area contributed by atoms with Crippen LogP contribution in [0.1, 0.15) is 36.3 Å². The van der Waals surface area contributed by atoms with Crippen LogP contribution in [-0.4, -0.2) is 39.4 Å². The second-order valence-electron chi connectivity index (χ2n) is 8.21. The molecule has 0 spiro atoms. The average molecular weight is 452 g/mol. The summed E-state index contributed by atoms with van der Waals surface area (Å²) >= 11 is 0. The summed E-state index contributed by atoms with van der Waals surface area (Å²) in [5, 5.41) is 6.81. The number of hydrogen-bond donors (Lipinski definition) is 2. The fourth-order valence-electron chi connectivity index (χ4n) is 3.98. The third-order valence-electron chi connectivity index (χ3n) is 5.82. The highest BCUT2D eigenvalue weighted by Crippen LogP contribution is 2.24. The summed E-state index contributed by atoms with van der Waals surface area (Å²) in [6.07, 6.45) is 2.08. The number of nitrogens with zero attached hydrogens (tertiary/aromatic N) is 3. The number of primary amides is 1. The van der Waals surface area contributed by atoms with Crippen molar-refractivity contribution in [1.29, 1.82) is 0 Å². The number of likely N-dealkylation sites (tertiary alicyclic amines) is 1. The van der Waals surface area contributed by atoms with Crippen LogP contribution < -0.4 is 11.1 Å². The Balaban J connectivity index is 1.36. The fourth-order valence-corrected chi connectivity index (χ4v) is 3.98. The first kappa shape index (κ1) is 22.6. The number of hydrogen-bond acceptors (Lipinski definition) is 6. The van der Waals surface area contributed by atoms with E-state index in [2.05, 4.69) is 15.5 Å². The van der Waals surface area contributed by atoms with Crippen molar-refractivity contribution in [3.8, 4) is 11.4 Å². The van der Waals surface area contributed by atoms with Crippen LogP contribution in [0.25, 0.3) is 11.4 Å². The van der Waals surface area contributed by atoms with Crippen LogP contribution in [0.5, 0.6) is 0 Å². The highest BCUT2D eigenvalue weighted by Gasteiger charge is 2.29. The van der Waals surface area contributed by atoms with Gasteiger partial charge in [-0.2, -0.15) is 4.98 Å². The van der Waals surface area contributed by atoms with Crippen LogP contribution in [0.2, 0.25) is 0 Å². The Labute approximate surface area is 191 Å². The molecule has 3 N–H and O–H groups in total. The third kappa shape index (κ3) is 5.43. The summed E-state index contributed by atoms with van der Waals surface area (Å²) in [4.78, 5) is 30.6. The van der Waals surface area contributed by atoms with E-state index in [1.54, 1.807) is 19.1 Å². The summed E-state index contributed by atoms with van der Waals surface area (Å²) in [5.74, 6) is -0.272. The van der Waals surface area contributed by atoms with Gasteiger partial charge in [-0.1, -0.05) is 35.5 Å². The maximum Gasteiger partial charge on any atom is 0.234 e. The highest BCUT2D eigenvalue weighted by atomic mass is 19.1. The van der Waals surface area contributed by atoms with E-state index in [1.165, 1.54) is 6.07 Å². The van der Waals surface area contributed by atoms with E-state index < -0.39 is 0 Å². The molecule has 1 atom stereocenters. The minimum absolute atomic E-state index is 0.145. The molecule has 1 aromatic heterocycles.